The van der Waals surface area contributed by atoms with Crippen molar-refractivity contribution >= 4 is 5.91 Å². The second-order valence-corrected chi connectivity index (χ2v) is 5.67. The Kier molecular flexibility index (Phi) is 3.05. The number of carbonyl (C=O) groups excluding carboxylic acids is 1. The molecule has 1 saturated heterocycles. The van der Waals surface area contributed by atoms with Gasteiger partial charge in [-0.05, 0) is 25.8 Å². The highest BCUT2D eigenvalue weighted by Crippen LogP contribution is 2.50. The van der Waals surface area contributed by atoms with Gasteiger partial charge in [0, 0.05) is 31.2 Å². The van der Waals surface area contributed by atoms with Crippen LogP contribution in [-0.2, 0) is 10.2 Å². The summed E-state index contributed by atoms with van der Waals surface area (Å²) in [7, 11) is 0. The minimum atomic E-state index is -0.581. The number of piperazine rings is 1. The maximum atomic E-state index is 13.9. The molecule has 0 radical (unpaired) electrons. The van der Waals surface area contributed by atoms with E-state index in [4.69, 9.17) is 0 Å². The van der Waals surface area contributed by atoms with Crippen LogP contribution in [0.2, 0.25) is 0 Å². The predicted octanol–water partition coefficient (Wildman–Crippen LogP) is 1.68. The quantitative estimate of drug-likeness (QED) is 0.879. The molecule has 1 amide bonds. The van der Waals surface area contributed by atoms with Gasteiger partial charge >= 0.3 is 0 Å². The van der Waals surface area contributed by atoms with Gasteiger partial charge in [0.1, 0.15) is 5.82 Å². The Morgan fingerprint density at radius 3 is 2.79 bits per heavy atom. The van der Waals surface area contributed by atoms with Gasteiger partial charge in [-0.1, -0.05) is 18.2 Å². The zero-order chi connectivity index (χ0) is 13.5. The minimum Gasteiger partial charge on any atom is -0.339 e. The second-order valence-electron chi connectivity index (χ2n) is 5.67. The van der Waals surface area contributed by atoms with Crippen molar-refractivity contribution in [2.75, 3.05) is 19.6 Å². The fourth-order valence-corrected chi connectivity index (χ4v) is 2.99. The lowest BCUT2D eigenvalue weighted by atomic mass is 9.93. The molecule has 1 N–H and O–H groups in total. The predicted molar refractivity (Wildman–Crippen MR) is 71.4 cm³/mol. The van der Waals surface area contributed by atoms with Crippen LogP contribution in [0.4, 0.5) is 4.39 Å². The van der Waals surface area contributed by atoms with E-state index < -0.39 is 5.41 Å². The fourth-order valence-electron chi connectivity index (χ4n) is 2.99. The molecule has 102 valence electrons. The Morgan fingerprint density at radius 2 is 2.16 bits per heavy atom. The Bertz CT molecular complexity index is 499. The van der Waals surface area contributed by atoms with Crippen molar-refractivity contribution in [2.24, 2.45) is 0 Å². The average molecular weight is 262 g/mol. The Hall–Kier alpha value is -1.42. The molecule has 1 aliphatic heterocycles. The first kappa shape index (κ1) is 12.6. The molecule has 0 aromatic heterocycles. The second kappa shape index (κ2) is 4.60. The van der Waals surface area contributed by atoms with Crippen molar-refractivity contribution < 1.29 is 9.18 Å². The maximum Gasteiger partial charge on any atom is 0.233 e. The lowest BCUT2D eigenvalue weighted by molar-refractivity contribution is -0.135. The summed E-state index contributed by atoms with van der Waals surface area (Å²) in [6.45, 7) is 4.33. The Morgan fingerprint density at radius 1 is 1.42 bits per heavy atom. The van der Waals surface area contributed by atoms with E-state index >= 15 is 0 Å². The van der Waals surface area contributed by atoms with Crippen LogP contribution in [0.5, 0.6) is 0 Å². The van der Waals surface area contributed by atoms with Crippen molar-refractivity contribution in [3.05, 3.63) is 35.6 Å². The van der Waals surface area contributed by atoms with Crippen molar-refractivity contribution in [1.82, 2.24) is 10.2 Å². The Balaban J connectivity index is 1.85. The highest BCUT2D eigenvalue weighted by molar-refractivity contribution is 5.91. The van der Waals surface area contributed by atoms with Crippen LogP contribution >= 0.6 is 0 Å². The first-order chi connectivity index (χ1) is 9.13. The van der Waals surface area contributed by atoms with Crippen molar-refractivity contribution in [3.8, 4) is 0 Å². The van der Waals surface area contributed by atoms with Gasteiger partial charge in [-0.3, -0.25) is 4.79 Å². The number of amides is 1. The summed E-state index contributed by atoms with van der Waals surface area (Å²) >= 11 is 0. The zero-order valence-corrected chi connectivity index (χ0v) is 11.2. The summed E-state index contributed by atoms with van der Waals surface area (Å²) in [5.74, 6) is -0.150. The number of carbonyl (C=O) groups is 1. The SMILES string of the molecule is C[C@H]1CN(C(=O)C2(c3ccccc3F)CC2)CCN1. The van der Waals surface area contributed by atoms with E-state index in [1.165, 1.54) is 6.07 Å². The Labute approximate surface area is 112 Å². The number of hydrogen-bond donors (Lipinski definition) is 1. The van der Waals surface area contributed by atoms with Gasteiger partial charge in [-0.2, -0.15) is 0 Å². The molecule has 1 heterocycles. The molecule has 19 heavy (non-hydrogen) atoms. The van der Waals surface area contributed by atoms with E-state index in [-0.39, 0.29) is 11.7 Å². The van der Waals surface area contributed by atoms with E-state index in [2.05, 4.69) is 12.2 Å². The third-order valence-corrected chi connectivity index (χ3v) is 4.20. The molecule has 2 aliphatic rings. The molecule has 3 nitrogen and oxygen atoms in total. The molecule has 1 atom stereocenters. The molecule has 1 aromatic rings. The lowest BCUT2D eigenvalue weighted by Crippen LogP contribution is -2.53. The smallest absolute Gasteiger partial charge is 0.233 e. The lowest BCUT2D eigenvalue weighted by Gasteiger charge is -2.34. The van der Waals surface area contributed by atoms with Gasteiger partial charge in [0.05, 0.1) is 5.41 Å². The first-order valence-corrected chi connectivity index (χ1v) is 6.91. The standard InChI is InChI=1S/C15H19FN2O/c1-11-10-18(9-8-17-11)14(19)15(6-7-15)12-4-2-3-5-13(12)16/h2-5,11,17H,6-10H2,1H3/t11-/m0/s1. The van der Waals surface area contributed by atoms with Crippen LogP contribution < -0.4 is 5.32 Å². The van der Waals surface area contributed by atoms with Gasteiger partial charge in [0.25, 0.3) is 0 Å². The topological polar surface area (TPSA) is 32.3 Å². The van der Waals surface area contributed by atoms with Gasteiger partial charge in [0.2, 0.25) is 5.91 Å². The molecule has 4 heteroatoms. The highest BCUT2D eigenvalue weighted by atomic mass is 19.1. The maximum absolute atomic E-state index is 13.9. The molecule has 1 aliphatic carbocycles. The zero-order valence-electron chi connectivity index (χ0n) is 11.2. The van der Waals surface area contributed by atoms with Crippen LogP contribution in [0.1, 0.15) is 25.3 Å². The minimum absolute atomic E-state index is 0.103. The number of benzene rings is 1. The first-order valence-electron chi connectivity index (χ1n) is 6.91. The van der Waals surface area contributed by atoms with Crippen molar-refractivity contribution in [2.45, 2.75) is 31.2 Å². The molecular weight excluding hydrogens is 243 g/mol. The fraction of sp³-hybridized carbons (Fsp3) is 0.533. The highest BCUT2D eigenvalue weighted by Gasteiger charge is 2.54. The molecule has 2 fully saturated rings. The summed E-state index contributed by atoms with van der Waals surface area (Å²) in [4.78, 5) is 14.6. The largest absolute Gasteiger partial charge is 0.339 e. The van der Waals surface area contributed by atoms with Crippen LogP contribution in [0.3, 0.4) is 0 Å². The molecule has 1 aromatic carbocycles. The van der Waals surface area contributed by atoms with Crippen molar-refractivity contribution in [1.29, 1.82) is 0 Å². The average Bonchev–Trinajstić information content (AvgIpc) is 3.20. The molecular formula is C15H19FN2O. The van der Waals surface area contributed by atoms with E-state index in [0.717, 1.165) is 32.5 Å². The third kappa shape index (κ3) is 2.14. The van der Waals surface area contributed by atoms with Crippen LogP contribution in [0.15, 0.2) is 24.3 Å². The summed E-state index contributed by atoms with van der Waals surface area (Å²) in [5, 5.41) is 3.32. The van der Waals surface area contributed by atoms with E-state index in [0.29, 0.717) is 11.6 Å². The number of rotatable bonds is 2. The molecule has 0 bridgehead atoms. The van der Waals surface area contributed by atoms with Crippen LogP contribution in [0, 0.1) is 5.82 Å². The normalized spacial score (nSPS) is 25.2. The monoisotopic (exact) mass is 262 g/mol. The van der Waals surface area contributed by atoms with Gasteiger partial charge in [0.15, 0.2) is 0 Å². The van der Waals surface area contributed by atoms with Crippen molar-refractivity contribution in [3.63, 3.8) is 0 Å². The molecule has 1 saturated carbocycles. The summed E-state index contributed by atoms with van der Waals surface area (Å²) in [6, 6.07) is 7.00. The summed E-state index contributed by atoms with van der Waals surface area (Å²) in [5.41, 5.74) is -0.00578. The van der Waals surface area contributed by atoms with Crippen LogP contribution in [0.25, 0.3) is 0 Å². The van der Waals surface area contributed by atoms with Crippen LogP contribution in [-0.4, -0.2) is 36.5 Å². The van der Waals surface area contributed by atoms with Gasteiger partial charge in [-0.25, -0.2) is 4.39 Å². The molecule has 3 rings (SSSR count). The number of halogens is 1. The third-order valence-electron chi connectivity index (χ3n) is 4.20. The van der Waals surface area contributed by atoms with Gasteiger partial charge < -0.3 is 10.2 Å². The summed E-state index contributed by atoms with van der Waals surface area (Å²) in [6.07, 6.45) is 1.54. The number of nitrogens with zero attached hydrogens (tertiary/aromatic N) is 1. The van der Waals surface area contributed by atoms with E-state index in [9.17, 15) is 9.18 Å². The van der Waals surface area contributed by atoms with E-state index in [1.807, 2.05) is 11.0 Å². The number of nitrogens with one attached hydrogen (secondary N) is 1. The molecule has 0 spiro atoms. The number of hydrogen-bond acceptors (Lipinski definition) is 2. The summed E-state index contributed by atoms with van der Waals surface area (Å²) < 4.78 is 13.9. The van der Waals surface area contributed by atoms with Gasteiger partial charge in [-0.15, -0.1) is 0 Å². The van der Waals surface area contributed by atoms with E-state index in [1.54, 1.807) is 12.1 Å². The molecule has 0 unspecified atom stereocenters.